The van der Waals surface area contributed by atoms with Crippen LogP contribution in [0, 0.1) is 0 Å². The van der Waals surface area contributed by atoms with Crippen LogP contribution in [0.3, 0.4) is 0 Å². The standard InChI is InChI=1S/C19H31N/c1-3-5-13-17(10-4-2)20-19-15-9-7-12-16-11-6-8-14-18(16)19/h6,8,11,14,17,19-20H,3-5,7,9-10,12-13,15H2,1-2H3. The summed E-state index contributed by atoms with van der Waals surface area (Å²) in [6.45, 7) is 4.60. The van der Waals surface area contributed by atoms with E-state index in [1.54, 1.807) is 11.1 Å². The number of hydrogen-bond donors (Lipinski definition) is 1. The predicted molar refractivity (Wildman–Crippen MR) is 88.1 cm³/mol. The van der Waals surface area contributed by atoms with Crippen molar-refractivity contribution in [3.8, 4) is 0 Å². The van der Waals surface area contributed by atoms with Crippen molar-refractivity contribution < 1.29 is 0 Å². The Bertz CT molecular complexity index is 385. The van der Waals surface area contributed by atoms with Gasteiger partial charge in [-0.3, -0.25) is 0 Å². The maximum absolute atomic E-state index is 3.99. The topological polar surface area (TPSA) is 12.0 Å². The molecule has 1 heteroatoms. The lowest BCUT2D eigenvalue weighted by Gasteiger charge is -2.26. The molecule has 112 valence electrons. The van der Waals surface area contributed by atoms with E-state index in [2.05, 4.69) is 43.4 Å². The summed E-state index contributed by atoms with van der Waals surface area (Å²) in [5, 5.41) is 3.99. The molecule has 0 bridgehead atoms. The predicted octanol–water partition coefficient (Wildman–Crippen LogP) is 5.40. The van der Waals surface area contributed by atoms with Crippen LogP contribution in [0.2, 0.25) is 0 Å². The largest absolute Gasteiger partial charge is 0.307 e. The van der Waals surface area contributed by atoms with E-state index in [0.717, 1.165) is 0 Å². The van der Waals surface area contributed by atoms with Crippen LogP contribution >= 0.6 is 0 Å². The highest BCUT2D eigenvalue weighted by Crippen LogP contribution is 2.29. The molecule has 2 unspecified atom stereocenters. The molecule has 0 aliphatic heterocycles. The number of nitrogens with one attached hydrogen (secondary N) is 1. The first kappa shape index (κ1) is 15.6. The van der Waals surface area contributed by atoms with Gasteiger partial charge < -0.3 is 5.32 Å². The van der Waals surface area contributed by atoms with E-state index in [9.17, 15) is 0 Å². The number of hydrogen-bond acceptors (Lipinski definition) is 1. The molecule has 2 rings (SSSR count). The first-order chi connectivity index (χ1) is 9.85. The lowest BCUT2D eigenvalue weighted by Crippen LogP contribution is -2.33. The number of unbranched alkanes of at least 4 members (excludes halogenated alkanes) is 1. The molecule has 2 atom stereocenters. The quantitative estimate of drug-likeness (QED) is 0.656. The Morgan fingerprint density at radius 1 is 1.10 bits per heavy atom. The van der Waals surface area contributed by atoms with Gasteiger partial charge >= 0.3 is 0 Å². The first-order valence-electron chi connectivity index (χ1n) is 8.69. The normalized spacial score (nSPS) is 20.2. The van der Waals surface area contributed by atoms with E-state index in [1.165, 1.54) is 57.8 Å². The molecule has 1 aromatic rings. The molecule has 0 heterocycles. The molecule has 0 saturated heterocycles. The summed E-state index contributed by atoms with van der Waals surface area (Å²) in [4.78, 5) is 0. The van der Waals surface area contributed by atoms with Crippen LogP contribution in [0.4, 0.5) is 0 Å². The molecular formula is C19H31N. The maximum Gasteiger partial charge on any atom is 0.0325 e. The monoisotopic (exact) mass is 273 g/mol. The van der Waals surface area contributed by atoms with Gasteiger partial charge in [0.05, 0.1) is 0 Å². The average Bonchev–Trinajstić information content (AvgIpc) is 2.68. The summed E-state index contributed by atoms with van der Waals surface area (Å²) < 4.78 is 0. The van der Waals surface area contributed by atoms with Gasteiger partial charge in [0, 0.05) is 12.1 Å². The Kier molecular flexibility index (Phi) is 6.59. The molecule has 1 aromatic carbocycles. The molecular weight excluding hydrogens is 242 g/mol. The van der Waals surface area contributed by atoms with Crippen molar-refractivity contribution >= 4 is 0 Å². The average molecular weight is 273 g/mol. The van der Waals surface area contributed by atoms with Crippen LogP contribution in [0.25, 0.3) is 0 Å². The van der Waals surface area contributed by atoms with Gasteiger partial charge in [-0.1, -0.05) is 63.8 Å². The van der Waals surface area contributed by atoms with Gasteiger partial charge in [0.1, 0.15) is 0 Å². The minimum atomic E-state index is 0.585. The van der Waals surface area contributed by atoms with Crippen molar-refractivity contribution in [3.05, 3.63) is 35.4 Å². The summed E-state index contributed by atoms with van der Waals surface area (Å²) in [6.07, 6.45) is 11.9. The molecule has 20 heavy (non-hydrogen) atoms. The molecule has 0 spiro atoms. The summed E-state index contributed by atoms with van der Waals surface area (Å²) in [5.41, 5.74) is 3.15. The number of fused-ring (bicyclic) bond motifs is 1. The summed E-state index contributed by atoms with van der Waals surface area (Å²) in [5.74, 6) is 0. The number of benzene rings is 1. The lowest BCUT2D eigenvalue weighted by molar-refractivity contribution is 0.368. The van der Waals surface area contributed by atoms with Gasteiger partial charge in [-0.25, -0.2) is 0 Å². The van der Waals surface area contributed by atoms with Crippen molar-refractivity contribution in [1.29, 1.82) is 0 Å². The molecule has 0 saturated carbocycles. The zero-order chi connectivity index (χ0) is 14.2. The second-order valence-corrected chi connectivity index (χ2v) is 6.29. The molecule has 1 aliphatic rings. The van der Waals surface area contributed by atoms with Crippen LogP contribution in [-0.4, -0.2) is 6.04 Å². The fourth-order valence-electron chi connectivity index (χ4n) is 3.49. The maximum atomic E-state index is 3.99. The Balaban J connectivity index is 2.06. The second-order valence-electron chi connectivity index (χ2n) is 6.29. The van der Waals surface area contributed by atoms with Crippen molar-refractivity contribution in [2.24, 2.45) is 0 Å². The third-order valence-corrected chi connectivity index (χ3v) is 4.60. The van der Waals surface area contributed by atoms with Crippen LogP contribution < -0.4 is 5.32 Å². The molecule has 1 nitrogen and oxygen atoms in total. The third-order valence-electron chi connectivity index (χ3n) is 4.60. The van der Waals surface area contributed by atoms with Gasteiger partial charge in [0.25, 0.3) is 0 Å². The summed E-state index contributed by atoms with van der Waals surface area (Å²) in [7, 11) is 0. The fourth-order valence-corrected chi connectivity index (χ4v) is 3.49. The highest BCUT2D eigenvalue weighted by molar-refractivity contribution is 5.31. The van der Waals surface area contributed by atoms with Crippen LogP contribution in [-0.2, 0) is 6.42 Å². The van der Waals surface area contributed by atoms with Gasteiger partial charge in [0.2, 0.25) is 0 Å². The fraction of sp³-hybridized carbons (Fsp3) is 0.684. The van der Waals surface area contributed by atoms with Crippen molar-refractivity contribution in [1.82, 2.24) is 5.32 Å². The summed E-state index contributed by atoms with van der Waals surface area (Å²) >= 11 is 0. The Labute approximate surface area is 125 Å². The van der Waals surface area contributed by atoms with Crippen molar-refractivity contribution in [2.75, 3.05) is 0 Å². The van der Waals surface area contributed by atoms with Crippen LogP contribution in [0.15, 0.2) is 24.3 Å². The zero-order valence-electron chi connectivity index (χ0n) is 13.3. The van der Waals surface area contributed by atoms with Gasteiger partial charge in [-0.2, -0.15) is 0 Å². The highest BCUT2D eigenvalue weighted by Gasteiger charge is 2.20. The van der Waals surface area contributed by atoms with E-state index >= 15 is 0 Å². The van der Waals surface area contributed by atoms with E-state index in [1.807, 2.05) is 0 Å². The van der Waals surface area contributed by atoms with Gasteiger partial charge in [-0.15, -0.1) is 0 Å². The minimum absolute atomic E-state index is 0.585. The van der Waals surface area contributed by atoms with Gasteiger partial charge in [0.15, 0.2) is 0 Å². The van der Waals surface area contributed by atoms with E-state index < -0.39 is 0 Å². The second kappa shape index (κ2) is 8.46. The number of rotatable bonds is 7. The SMILES string of the molecule is CCCCC(CCC)NC1CCCCc2ccccc21. The first-order valence-corrected chi connectivity index (χ1v) is 8.69. The molecule has 0 amide bonds. The van der Waals surface area contributed by atoms with Crippen molar-refractivity contribution in [3.63, 3.8) is 0 Å². The summed E-state index contributed by atoms with van der Waals surface area (Å²) in [6, 6.07) is 10.4. The lowest BCUT2D eigenvalue weighted by atomic mass is 9.96. The van der Waals surface area contributed by atoms with E-state index in [-0.39, 0.29) is 0 Å². The molecule has 1 N–H and O–H groups in total. The zero-order valence-corrected chi connectivity index (χ0v) is 13.3. The number of aryl methyl sites for hydroxylation is 1. The molecule has 1 aliphatic carbocycles. The Hall–Kier alpha value is -0.820. The van der Waals surface area contributed by atoms with Gasteiger partial charge in [-0.05, 0) is 43.2 Å². The van der Waals surface area contributed by atoms with E-state index in [4.69, 9.17) is 0 Å². The molecule has 0 aromatic heterocycles. The Morgan fingerprint density at radius 3 is 2.75 bits per heavy atom. The van der Waals surface area contributed by atoms with Crippen LogP contribution in [0.1, 0.15) is 82.4 Å². The van der Waals surface area contributed by atoms with Crippen LogP contribution in [0.5, 0.6) is 0 Å². The molecule has 0 radical (unpaired) electrons. The Morgan fingerprint density at radius 2 is 1.95 bits per heavy atom. The third kappa shape index (κ3) is 4.34. The molecule has 0 fully saturated rings. The minimum Gasteiger partial charge on any atom is -0.307 e. The smallest absolute Gasteiger partial charge is 0.0325 e. The van der Waals surface area contributed by atoms with Crippen molar-refractivity contribution in [2.45, 2.75) is 83.7 Å². The van der Waals surface area contributed by atoms with E-state index in [0.29, 0.717) is 12.1 Å². The highest BCUT2D eigenvalue weighted by atomic mass is 14.9.